The van der Waals surface area contributed by atoms with E-state index in [9.17, 15) is 8.42 Å². The molecule has 84 valence electrons. The summed E-state index contributed by atoms with van der Waals surface area (Å²) in [6.45, 7) is 0.719. The minimum Gasteiger partial charge on any atom is -0.329 e. The van der Waals surface area contributed by atoms with Gasteiger partial charge in [0.2, 0.25) is 0 Å². The second-order valence-electron chi connectivity index (χ2n) is 3.88. The molecule has 1 unspecified atom stereocenters. The quantitative estimate of drug-likeness (QED) is 0.790. The Morgan fingerprint density at radius 3 is 3.07 bits per heavy atom. The van der Waals surface area contributed by atoms with E-state index in [0.717, 1.165) is 12.2 Å². The van der Waals surface area contributed by atoms with E-state index in [2.05, 4.69) is 10.3 Å². The lowest BCUT2D eigenvalue weighted by Gasteiger charge is -2.13. The van der Waals surface area contributed by atoms with E-state index in [1.807, 2.05) is 11.6 Å². The lowest BCUT2D eigenvalue weighted by molar-refractivity contribution is 0.528. The third-order valence-corrected chi connectivity index (χ3v) is 4.46. The van der Waals surface area contributed by atoms with Crippen molar-refractivity contribution in [1.82, 2.24) is 14.9 Å². The van der Waals surface area contributed by atoms with Crippen molar-refractivity contribution >= 4 is 9.84 Å². The van der Waals surface area contributed by atoms with Crippen LogP contribution in [0.2, 0.25) is 0 Å². The predicted octanol–water partition coefficient (Wildman–Crippen LogP) is -0.0379. The average molecular weight is 229 g/mol. The summed E-state index contributed by atoms with van der Waals surface area (Å²) >= 11 is 0. The van der Waals surface area contributed by atoms with Crippen LogP contribution >= 0.6 is 0 Å². The largest absolute Gasteiger partial charge is 0.329 e. The molecular weight excluding hydrogens is 214 g/mol. The van der Waals surface area contributed by atoms with Crippen molar-refractivity contribution in [1.29, 1.82) is 0 Å². The second-order valence-corrected chi connectivity index (χ2v) is 6.11. The molecule has 5 nitrogen and oxygen atoms in total. The Labute approximate surface area is 89.4 Å². The van der Waals surface area contributed by atoms with Crippen LogP contribution in [0.3, 0.4) is 0 Å². The zero-order valence-electron chi connectivity index (χ0n) is 8.68. The first-order chi connectivity index (χ1) is 7.12. The molecular formula is C9H15N3O2S. The minimum atomic E-state index is -2.82. The van der Waals surface area contributed by atoms with E-state index in [-0.39, 0.29) is 11.8 Å². The highest BCUT2D eigenvalue weighted by Crippen LogP contribution is 2.24. The van der Waals surface area contributed by atoms with Crippen molar-refractivity contribution < 1.29 is 8.42 Å². The number of aromatic nitrogens is 2. The molecule has 1 atom stereocenters. The van der Waals surface area contributed by atoms with Crippen LogP contribution in [0.25, 0.3) is 0 Å². The number of hydrogen-bond donors (Lipinski definition) is 1. The van der Waals surface area contributed by atoms with Gasteiger partial charge in [-0.1, -0.05) is 0 Å². The molecule has 0 spiro atoms. The summed E-state index contributed by atoms with van der Waals surface area (Å²) < 4.78 is 24.7. The zero-order valence-corrected chi connectivity index (χ0v) is 9.50. The van der Waals surface area contributed by atoms with Gasteiger partial charge in [-0.3, -0.25) is 0 Å². The number of nitrogens with zero attached hydrogens (tertiary/aromatic N) is 2. The van der Waals surface area contributed by atoms with Gasteiger partial charge in [-0.25, -0.2) is 13.4 Å². The van der Waals surface area contributed by atoms with Gasteiger partial charge in [-0.2, -0.15) is 0 Å². The first kappa shape index (κ1) is 10.6. The molecule has 1 aromatic rings. The fourth-order valence-electron chi connectivity index (χ4n) is 1.97. The number of hydrogen-bond acceptors (Lipinski definition) is 4. The highest BCUT2D eigenvalue weighted by Gasteiger charge is 2.29. The van der Waals surface area contributed by atoms with Crippen LogP contribution in [-0.2, 0) is 16.4 Å². The summed E-state index contributed by atoms with van der Waals surface area (Å²) in [7, 11) is -0.958. The summed E-state index contributed by atoms with van der Waals surface area (Å²) in [6.07, 6.45) is 4.20. The molecule has 2 rings (SSSR count). The fourth-order valence-corrected chi connectivity index (χ4v) is 3.68. The van der Waals surface area contributed by atoms with Crippen molar-refractivity contribution in [3.8, 4) is 0 Å². The smallest absolute Gasteiger partial charge is 0.152 e. The molecule has 1 aromatic heterocycles. The first-order valence-corrected chi connectivity index (χ1v) is 6.80. The first-order valence-electron chi connectivity index (χ1n) is 4.98. The zero-order chi connectivity index (χ0) is 10.9. The van der Waals surface area contributed by atoms with E-state index in [1.165, 1.54) is 0 Å². The molecule has 15 heavy (non-hydrogen) atoms. The Kier molecular flexibility index (Phi) is 2.79. The van der Waals surface area contributed by atoms with Crippen LogP contribution in [0.1, 0.15) is 18.2 Å². The van der Waals surface area contributed by atoms with Crippen LogP contribution in [0.4, 0.5) is 0 Å². The third kappa shape index (κ3) is 2.21. The normalized spacial score (nSPS) is 24.5. The summed E-state index contributed by atoms with van der Waals surface area (Å²) in [4.78, 5) is 4.06. The van der Waals surface area contributed by atoms with Crippen molar-refractivity contribution in [2.45, 2.75) is 19.0 Å². The SMILES string of the molecule is CNCc1cncn1C1CCS(=O)(=O)C1. The molecule has 0 saturated carbocycles. The average Bonchev–Trinajstić information content (AvgIpc) is 2.72. The van der Waals surface area contributed by atoms with E-state index in [1.54, 1.807) is 12.5 Å². The van der Waals surface area contributed by atoms with Gasteiger partial charge in [0.25, 0.3) is 0 Å². The van der Waals surface area contributed by atoms with Gasteiger partial charge in [-0.15, -0.1) is 0 Å². The van der Waals surface area contributed by atoms with Crippen LogP contribution in [0.15, 0.2) is 12.5 Å². The Bertz CT molecular complexity index is 438. The number of sulfone groups is 1. The molecule has 1 aliphatic rings. The summed E-state index contributed by atoms with van der Waals surface area (Å²) in [6, 6.07) is 0.0702. The number of rotatable bonds is 3. The van der Waals surface area contributed by atoms with Gasteiger partial charge in [0, 0.05) is 18.8 Å². The van der Waals surface area contributed by atoms with E-state index < -0.39 is 9.84 Å². The van der Waals surface area contributed by atoms with E-state index in [4.69, 9.17) is 0 Å². The van der Waals surface area contributed by atoms with Crippen LogP contribution in [-0.4, -0.2) is 36.5 Å². The lowest BCUT2D eigenvalue weighted by atomic mass is 10.2. The van der Waals surface area contributed by atoms with Gasteiger partial charge in [0.05, 0.1) is 23.5 Å². The van der Waals surface area contributed by atoms with Gasteiger partial charge >= 0.3 is 0 Å². The Hall–Kier alpha value is -0.880. The molecule has 0 aliphatic carbocycles. The Morgan fingerprint density at radius 2 is 2.47 bits per heavy atom. The molecule has 1 N–H and O–H groups in total. The highest BCUT2D eigenvalue weighted by molar-refractivity contribution is 7.91. The maximum Gasteiger partial charge on any atom is 0.152 e. The molecule has 1 aliphatic heterocycles. The molecule has 6 heteroatoms. The molecule has 1 saturated heterocycles. The van der Waals surface area contributed by atoms with Gasteiger partial charge in [0.15, 0.2) is 9.84 Å². The van der Waals surface area contributed by atoms with Gasteiger partial charge in [-0.05, 0) is 13.5 Å². The van der Waals surface area contributed by atoms with Crippen molar-refractivity contribution in [3.05, 3.63) is 18.2 Å². The van der Waals surface area contributed by atoms with Gasteiger partial charge in [0.1, 0.15) is 0 Å². The van der Waals surface area contributed by atoms with Gasteiger partial charge < -0.3 is 9.88 Å². The Balaban J connectivity index is 2.20. The minimum absolute atomic E-state index is 0.0702. The summed E-state index contributed by atoms with van der Waals surface area (Å²) in [5, 5.41) is 3.04. The van der Waals surface area contributed by atoms with E-state index >= 15 is 0 Å². The second kappa shape index (κ2) is 3.94. The Morgan fingerprint density at radius 1 is 1.67 bits per heavy atom. The summed E-state index contributed by atoms with van der Waals surface area (Å²) in [5.74, 6) is 0.551. The molecule has 0 bridgehead atoms. The standard InChI is InChI=1S/C9H15N3O2S/c1-10-4-9-5-11-7-12(9)8-2-3-15(13,14)6-8/h5,7-8,10H,2-4,6H2,1H3. The maximum atomic E-state index is 11.4. The van der Waals surface area contributed by atoms with Crippen LogP contribution in [0.5, 0.6) is 0 Å². The lowest BCUT2D eigenvalue weighted by Crippen LogP contribution is -2.16. The molecule has 0 radical (unpaired) electrons. The van der Waals surface area contributed by atoms with Crippen LogP contribution < -0.4 is 5.32 Å². The number of imidazole rings is 1. The fraction of sp³-hybridized carbons (Fsp3) is 0.667. The topological polar surface area (TPSA) is 64.0 Å². The van der Waals surface area contributed by atoms with Crippen molar-refractivity contribution in [3.63, 3.8) is 0 Å². The van der Waals surface area contributed by atoms with E-state index in [0.29, 0.717) is 12.2 Å². The predicted molar refractivity (Wildman–Crippen MR) is 57.3 cm³/mol. The number of nitrogens with one attached hydrogen (secondary N) is 1. The highest BCUT2D eigenvalue weighted by atomic mass is 32.2. The molecule has 1 fully saturated rings. The monoisotopic (exact) mass is 229 g/mol. The molecule has 0 aromatic carbocycles. The van der Waals surface area contributed by atoms with Crippen LogP contribution in [0, 0.1) is 0 Å². The van der Waals surface area contributed by atoms with Crippen molar-refractivity contribution in [2.75, 3.05) is 18.6 Å². The maximum absolute atomic E-state index is 11.4. The molecule has 2 heterocycles. The summed E-state index contributed by atoms with van der Waals surface area (Å²) in [5.41, 5.74) is 1.04. The molecule has 0 amide bonds. The third-order valence-electron chi connectivity index (χ3n) is 2.71. The van der Waals surface area contributed by atoms with Crippen molar-refractivity contribution in [2.24, 2.45) is 0 Å².